The van der Waals surface area contributed by atoms with Crippen molar-refractivity contribution in [3.05, 3.63) is 75.9 Å². The summed E-state index contributed by atoms with van der Waals surface area (Å²) in [6.45, 7) is 18.4. The Morgan fingerprint density at radius 3 is 2.15 bits per heavy atom. The highest BCUT2D eigenvalue weighted by molar-refractivity contribution is 6.32. The van der Waals surface area contributed by atoms with Crippen molar-refractivity contribution >= 4 is 28.9 Å². The zero-order chi connectivity index (χ0) is 34.3. The predicted octanol–water partition coefficient (Wildman–Crippen LogP) is 5.87. The molecule has 7 nitrogen and oxygen atoms in total. The van der Waals surface area contributed by atoms with Gasteiger partial charge in [0.1, 0.15) is 17.5 Å². The SMILES string of the molecule is C=C(Cc1ccc(C)cc1)Cc1cc(C(C)C)c2c(c1O)C(=O)C1C(=O)[C@@]3(O)C(=O)C(C(C)=O)C(=O)C(C(C)C)[C@@]3(C)C[C@@]1(C)C2. The fraction of sp³-hybridized carbons (Fsp3) is 0.513. The molecular formula is C39H46O7. The van der Waals surface area contributed by atoms with Gasteiger partial charge in [0.15, 0.2) is 28.7 Å². The van der Waals surface area contributed by atoms with E-state index >= 15 is 0 Å². The van der Waals surface area contributed by atoms with Crippen molar-refractivity contribution in [1.29, 1.82) is 0 Å². The van der Waals surface area contributed by atoms with E-state index in [1.54, 1.807) is 20.8 Å². The molecule has 244 valence electrons. The number of aromatic hydroxyl groups is 1. The number of aliphatic hydroxyl groups is 1. The van der Waals surface area contributed by atoms with E-state index in [0.717, 1.165) is 29.2 Å². The van der Waals surface area contributed by atoms with Crippen LogP contribution in [0.25, 0.3) is 0 Å². The molecule has 0 aromatic heterocycles. The second-order valence-corrected chi connectivity index (χ2v) is 15.4. The van der Waals surface area contributed by atoms with Crippen LogP contribution in [0.2, 0.25) is 0 Å². The summed E-state index contributed by atoms with van der Waals surface area (Å²) in [6.07, 6.45) is 1.18. The van der Waals surface area contributed by atoms with Crippen molar-refractivity contribution in [2.45, 2.75) is 92.6 Å². The molecule has 6 atom stereocenters. The quantitative estimate of drug-likeness (QED) is 0.291. The Hall–Kier alpha value is -3.71. The minimum atomic E-state index is -2.71. The molecule has 3 aliphatic rings. The molecule has 46 heavy (non-hydrogen) atoms. The first-order valence-corrected chi connectivity index (χ1v) is 16.3. The predicted molar refractivity (Wildman–Crippen MR) is 175 cm³/mol. The van der Waals surface area contributed by atoms with Gasteiger partial charge >= 0.3 is 0 Å². The molecule has 7 heteroatoms. The van der Waals surface area contributed by atoms with Crippen molar-refractivity contribution in [2.24, 2.45) is 34.5 Å². The number of rotatable bonds is 7. The molecular weight excluding hydrogens is 580 g/mol. The number of benzene rings is 2. The number of hydrogen-bond donors (Lipinski definition) is 2. The summed E-state index contributed by atoms with van der Waals surface area (Å²) in [6, 6.07) is 10.1. The minimum absolute atomic E-state index is 0.0178. The number of fused-ring (bicyclic) bond motifs is 3. The largest absolute Gasteiger partial charge is 0.507 e. The lowest BCUT2D eigenvalue weighted by molar-refractivity contribution is -0.205. The molecule has 2 N–H and O–H groups in total. The van der Waals surface area contributed by atoms with Gasteiger partial charge in [-0.1, -0.05) is 89.6 Å². The zero-order valence-corrected chi connectivity index (χ0v) is 28.2. The van der Waals surface area contributed by atoms with E-state index in [4.69, 9.17) is 0 Å². The molecule has 3 aliphatic carbocycles. The van der Waals surface area contributed by atoms with Crippen LogP contribution in [-0.4, -0.2) is 44.7 Å². The van der Waals surface area contributed by atoms with Gasteiger partial charge in [0.2, 0.25) is 0 Å². The first-order valence-electron chi connectivity index (χ1n) is 16.3. The van der Waals surface area contributed by atoms with E-state index in [1.807, 2.05) is 58.0 Å². The van der Waals surface area contributed by atoms with Crippen molar-refractivity contribution < 1.29 is 34.2 Å². The Labute approximate surface area is 271 Å². The number of hydrogen-bond acceptors (Lipinski definition) is 7. The molecule has 0 bridgehead atoms. The molecule has 0 aliphatic heterocycles. The summed E-state index contributed by atoms with van der Waals surface area (Å²) in [5.74, 6) is -8.83. The van der Waals surface area contributed by atoms with Crippen LogP contribution in [0, 0.1) is 41.4 Å². The summed E-state index contributed by atoms with van der Waals surface area (Å²) in [5, 5.41) is 24.0. The van der Waals surface area contributed by atoms with Gasteiger partial charge in [-0.05, 0) is 79.0 Å². The second-order valence-electron chi connectivity index (χ2n) is 15.4. The van der Waals surface area contributed by atoms with Crippen LogP contribution in [0.4, 0.5) is 0 Å². The summed E-state index contributed by atoms with van der Waals surface area (Å²) in [7, 11) is 0. The zero-order valence-electron chi connectivity index (χ0n) is 28.2. The van der Waals surface area contributed by atoms with Gasteiger partial charge in [-0.25, -0.2) is 0 Å². The fourth-order valence-electron chi connectivity index (χ4n) is 9.27. The van der Waals surface area contributed by atoms with Crippen LogP contribution < -0.4 is 0 Å². The third-order valence-electron chi connectivity index (χ3n) is 11.1. The maximum Gasteiger partial charge on any atom is 0.190 e. The van der Waals surface area contributed by atoms with Crippen LogP contribution in [0.3, 0.4) is 0 Å². The Morgan fingerprint density at radius 1 is 1.00 bits per heavy atom. The first kappa shape index (κ1) is 33.6. The lowest BCUT2D eigenvalue weighted by Crippen LogP contribution is -2.76. The number of allylic oxidation sites excluding steroid dienone is 1. The molecule has 0 spiro atoms. The molecule has 3 unspecified atom stereocenters. The number of aryl methyl sites for hydroxylation is 1. The number of ketones is 5. The topological polar surface area (TPSA) is 126 Å². The summed E-state index contributed by atoms with van der Waals surface area (Å²) >= 11 is 0. The molecule has 0 heterocycles. The van der Waals surface area contributed by atoms with Crippen LogP contribution in [0.5, 0.6) is 5.75 Å². The molecule has 2 fully saturated rings. The Morgan fingerprint density at radius 2 is 1.61 bits per heavy atom. The Balaban J connectivity index is 1.64. The lowest BCUT2D eigenvalue weighted by atomic mass is 9.39. The van der Waals surface area contributed by atoms with E-state index < -0.39 is 63.1 Å². The van der Waals surface area contributed by atoms with E-state index in [9.17, 15) is 34.2 Å². The van der Waals surface area contributed by atoms with Crippen LogP contribution in [0.15, 0.2) is 42.5 Å². The molecule has 0 saturated heterocycles. The molecule has 2 aromatic rings. The van der Waals surface area contributed by atoms with Crippen LogP contribution in [-0.2, 0) is 38.4 Å². The molecule has 0 radical (unpaired) electrons. The van der Waals surface area contributed by atoms with Gasteiger partial charge in [-0.15, -0.1) is 0 Å². The Kier molecular flexibility index (Phi) is 8.21. The van der Waals surface area contributed by atoms with Crippen molar-refractivity contribution in [1.82, 2.24) is 0 Å². The van der Waals surface area contributed by atoms with Crippen LogP contribution in [0.1, 0.15) is 99.0 Å². The highest BCUT2D eigenvalue weighted by Crippen LogP contribution is 2.64. The third kappa shape index (κ3) is 4.76. The van der Waals surface area contributed by atoms with Gasteiger partial charge in [0.05, 0.1) is 11.5 Å². The number of phenolic OH excluding ortho intramolecular Hbond substituents is 1. The lowest BCUT2D eigenvalue weighted by Gasteiger charge is -2.62. The maximum absolute atomic E-state index is 14.6. The molecule has 2 aromatic carbocycles. The van der Waals surface area contributed by atoms with Gasteiger partial charge in [-0.2, -0.15) is 0 Å². The smallest absolute Gasteiger partial charge is 0.190 e. The number of carbonyl (C=O) groups excluding carboxylic acids is 5. The summed E-state index contributed by atoms with van der Waals surface area (Å²) in [5.41, 5.74) is -0.114. The molecule has 2 saturated carbocycles. The van der Waals surface area contributed by atoms with Crippen molar-refractivity contribution in [3.8, 4) is 5.75 Å². The summed E-state index contributed by atoms with van der Waals surface area (Å²) in [4.78, 5) is 69.5. The fourth-order valence-corrected chi connectivity index (χ4v) is 9.27. The monoisotopic (exact) mass is 626 g/mol. The normalized spacial score (nSPS) is 30.7. The van der Waals surface area contributed by atoms with Gasteiger partial charge in [0, 0.05) is 11.3 Å². The Bertz CT molecular complexity index is 1700. The second kappa shape index (κ2) is 11.2. The van der Waals surface area contributed by atoms with Gasteiger partial charge < -0.3 is 10.2 Å². The number of carbonyl (C=O) groups is 5. The average molecular weight is 627 g/mol. The first-order chi connectivity index (χ1) is 21.3. The highest BCUT2D eigenvalue weighted by Gasteiger charge is 2.76. The number of phenols is 1. The minimum Gasteiger partial charge on any atom is -0.507 e. The average Bonchev–Trinajstić information content (AvgIpc) is 2.92. The molecule has 5 rings (SSSR count). The maximum atomic E-state index is 14.6. The van der Waals surface area contributed by atoms with E-state index in [-0.39, 0.29) is 36.0 Å². The van der Waals surface area contributed by atoms with E-state index in [0.29, 0.717) is 24.0 Å². The van der Waals surface area contributed by atoms with E-state index in [2.05, 4.69) is 6.58 Å². The van der Waals surface area contributed by atoms with Crippen LogP contribution >= 0.6 is 0 Å². The van der Waals surface area contributed by atoms with Gasteiger partial charge in [0.25, 0.3) is 0 Å². The van der Waals surface area contributed by atoms with Crippen molar-refractivity contribution in [3.63, 3.8) is 0 Å². The summed E-state index contributed by atoms with van der Waals surface area (Å²) < 4.78 is 0. The molecule has 0 amide bonds. The third-order valence-corrected chi connectivity index (χ3v) is 11.1. The van der Waals surface area contributed by atoms with Gasteiger partial charge in [-0.3, -0.25) is 24.0 Å². The van der Waals surface area contributed by atoms with E-state index in [1.165, 1.54) is 0 Å². The highest BCUT2D eigenvalue weighted by atomic mass is 16.3. The standard InChI is InChI=1S/C39H46O7/c1-19(2)26-16-25(15-22(6)14-24-12-10-21(5)11-13-24)32(41)29-27(26)17-37(8)18-38(9)30(20(3)4)33(42)28(23(7)40)35(44)39(38,46)36(45)31(37)34(29)43/h10-13,16,19-20,28,30-31,41,46H,6,14-15,17-18H2,1-5,7-9H3/t28?,30?,31?,37-,38-,39+/m1/s1. The van der Waals surface area contributed by atoms with Crippen molar-refractivity contribution in [2.75, 3.05) is 0 Å². The number of Topliss-reactive ketones (excluding diaryl/α,β-unsaturated/α-hetero) is 5.